The third kappa shape index (κ3) is 6.26. The smallest absolute Gasteiger partial charge is 0.387 e. The van der Waals surface area contributed by atoms with Gasteiger partial charge in [-0.25, -0.2) is 0 Å². The number of benzene rings is 3. The first-order valence-corrected chi connectivity index (χ1v) is 10.5. The maximum atomic E-state index is 13.1. The van der Waals surface area contributed by atoms with Gasteiger partial charge < -0.3 is 15.4 Å². The molecule has 0 atom stereocenters. The Morgan fingerprint density at radius 3 is 2.15 bits per heavy atom. The monoisotopic (exact) mass is 448 g/mol. The topological polar surface area (TPSA) is 67.4 Å². The summed E-state index contributed by atoms with van der Waals surface area (Å²) in [6.07, 6.45) is 3.70. The number of amides is 2. The summed E-state index contributed by atoms with van der Waals surface area (Å²) in [4.78, 5) is 25.3. The first kappa shape index (κ1) is 22.2. The van der Waals surface area contributed by atoms with E-state index in [2.05, 4.69) is 15.4 Å². The Morgan fingerprint density at radius 2 is 1.55 bits per heavy atom. The van der Waals surface area contributed by atoms with Crippen LogP contribution in [0.4, 0.5) is 14.5 Å². The molecule has 2 amide bonds. The summed E-state index contributed by atoms with van der Waals surface area (Å²) in [5.74, 6) is -0.428. The fraction of sp³-hybridized carbons (Fsp3) is 0.154. The summed E-state index contributed by atoms with van der Waals surface area (Å²) in [6, 6.07) is 22.1. The van der Waals surface area contributed by atoms with Crippen molar-refractivity contribution >= 4 is 29.2 Å². The van der Waals surface area contributed by atoms with Crippen LogP contribution in [0.2, 0.25) is 0 Å². The van der Waals surface area contributed by atoms with Crippen LogP contribution in [0.5, 0.6) is 5.75 Å². The van der Waals surface area contributed by atoms with Crippen molar-refractivity contribution < 1.29 is 23.1 Å². The van der Waals surface area contributed by atoms with Gasteiger partial charge in [-0.1, -0.05) is 42.5 Å². The summed E-state index contributed by atoms with van der Waals surface area (Å²) in [6.45, 7) is -2.90. The van der Waals surface area contributed by atoms with Crippen LogP contribution < -0.4 is 15.4 Å². The molecule has 0 heterocycles. The normalized spacial score (nSPS) is 13.5. The molecule has 3 aromatic carbocycles. The summed E-state index contributed by atoms with van der Waals surface area (Å²) in [7, 11) is 0. The van der Waals surface area contributed by atoms with Crippen LogP contribution >= 0.6 is 0 Å². The van der Waals surface area contributed by atoms with Gasteiger partial charge in [0.1, 0.15) is 5.75 Å². The molecule has 5 nitrogen and oxygen atoms in total. The van der Waals surface area contributed by atoms with Crippen molar-refractivity contribution in [2.24, 2.45) is 0 Å². The van der Waals surface area contributed by atoms with Crippen molar-refractivity contribution in [1.82, 2.24) is 5.32 Å². The lowest BCUT2D eigenvalue weighted by atomic mass is 10.0. The van der Waals surface area contributed by atoms with E-state index < -0.39 is 6.61 Å². The Morgan fingerprint density at radius 1 is 0.879 bits per heavy atom. The number of alkyl halides is 2. The van der Waals surface area contributed by atoms with Crippen molar-refractivity contribution in [2.45, 2.75) is 25.5 Å². The van der Waals surface area contributed by atoms with E-state index >= 15 is 0 Å². The van der Waals surface area contributed by atoms with Crippen molar-refractivity contribution in [2.75, 3.05) is 5.32 Å². The van der Waals surface area contributed by atoms with Crippen LogP contribution in [0.1, 0.15) is 34.3 Å². The summed E-state index contributed by atoms with van der Waals surface area (Å²) in [5.41, 5.74) is 2.82. The third-order valence-corrected chi connectivity index (χ3v) is 5.06. The molecule has 33 heavy (non-hydrogen) atoms. The molecule has 1 saturated carbocycles. The zero-order valence-electron chi connectivity index (χ0n) is 17.6. The predicted molar refractivity (Wildman–Crippen MR) is 123 cm³/mol. The number of anilines is 1. The molecule has 3 aromatic rings. The fourth-order valence-corrected chi connectivity index (χ4v) is 3.21. The second-order valence-electron chi connectivity index (χ2n) is 7.65. The van der Waals surface area contributed by atoms with Crippen LogP contribution in [0.15, 0.2) is 78.9 Å². The molecule has 2 N–H and O–H groups in total. The Bertz CT molecular complexity index is 1140. The van der Waals surface area contributed by atoms with Gasteiger partial charge in [-0.05, 0) is 66.4 Å². The van der Waals surface area contributed by atoms with E-state index in [0.29, 0.717) is 28.0 Å². The van der Waals surface area contributed by atoms with Gasteiger partial charge in [0.15, 0.2) is 0 Å². The molecule has 1 fully saturated rings. The first-order valence-electron chi connectivity index (χ1n) is 10.5. The maximum absolute atomic E-state index is 13.1. The van der Waals surface area contributed by atoms with Gasteiger partial charge in [0, 0.05) is 22.9 Å². The van der Waals surface area contributed by atoms with Gasteiger partial charge in [-0.3, -0.25) is 9.59 Å². The van der Waals surface area contributed by atoms with Gasteiger partial charge in [0.25, 0.3) is 11.8 Å². The van der Waals surface area contributed by atoms with Crippen LogP contribution in [0.25, 0.3) is 11.6 Å². The largest absolute Gasteiger partial charge is 0.435 e. The van der Waals surface area contributed by atoms with E-state index in [4.69, 9.17) is 0 Å². The van der Waals surface area contributed by atoms with Crippen LogP contribution in [-0.4, -0.2) is 24.5 Å². The lowest BCUT2D eigenvalue weighted by Crippen LogP contribution is -2.25. The van der Waals surface area contributed by atoms with Crippen LogP contribution in [0, 0.1) is 0 Å². The molecule has 0 aromatic heterocycles. The highest BCUT2D eigenvalue weighted by Gasteiger charge is 2.23. The van der Waals surface area contributed by atoms with Crippen molar-refractivity contribution in [3.05, 3.63) is 95.6 Å². The summed E-state index contributed by atoms with van der Waals surface area (Å²) in [5, 5.41) is 5.78. The summed E-state index contributed by atoms with van der Waals surface area (Å²) >= 11 is 0. The zero-order chi connectivity index (χ0) is 23.2. The third-order valence-electron chi connectivity index (χ3n) is 5.06. The lowest BCUT2D eigenvalue weighted by Gasteiger charge is -2.11. The van der Waals surface area contributed by atoms with Gasteiger partial charge >= 0.3 is 6.61 Å². The highest BCUT2D eigenvalue weighted by molar-refractivity contribution is 6.29. The molecule has 0 radical (unpaired) electrons. The number of hydrogen-bond acceptors (Lipinski definition) is 3. The molecular formula is C26H22F2N2O3. The number of carbonyl (C=O) groups is 2. The van der Waals surface area contributed by atoms with Gasteiger partial charge in [0.2, 0.25) is 0 Å². The fourth-order valence-electron chi connectivity index (χ4n) is 3.21. The second kappa shape index (κ2) is 10.1. The highest BCUT2D eigenvalue weighted by Crippen LogP contribution is 2.23. The molecule has 1 aliphatic rings. The standard InChI is InChI=1S/C26H22F2N2O3/c27-26(28)33-22-14-6-17(7-15-22)16-23(18-4-2-1-3-5-18)25(32)30-20-10-8-19(9-11-20)24(31)29-21-12-13-21/h1-11,14-16,21,26H,12-13H2,(H,29,31)(H,30,32)/b23-16+. The quantitative estimate of drug-likeness (QED) is 0.360. The minimum absolute atomic E-state index is 0.0404. The maximum Gasteiger partial charge on any atom is 0.387 e. The Labute approximate surface area is 190 Å². The average Bonchev–Trinajstić information content (AvgIpc) is 3.63. The molecule has 7 heteroatoms. The second-order valence-corrected chi connectivity index (χ2v) is 7.65. The zero-order valence-corrected chi connectivity index (χ0v) is 17.6. The predicted octanol–water partition coefficient (Wildman–Crippen LogP) is 5.36. The van der Waals surface area contributed by atoms with E-state index in [1.807, 2.05) is 30.3 Å². The SMILES string of the molecule is O=C(Nc1ccc(C(=O)NC2CC2)cc1)/C(=C/c1ccc(OC(F)F)cc1)c1ccccc1. The molecule has 0 aliphatic heterocycles. The van der Waals surface area contributed by atoms with E-state index in [-0.39, 0.29) is 23.6 Å². The number of rotatable bonds is 8. The van der Waals surface area contributed by atoms with Gasteiger partial charge in [-0.15, -0.1) is 0 Å². The van der Waals surface area contributed by atoms with Gasteiger partial charge in [-0.2, -0.15) is 8.78 Å². The number of halogens is 2. The van der Waals surface area contributed by atoms with Crippen LogP contribution in [-0.2, 0) is 4.79 Å². The Hall–Kier alpha value is -4.00. The molecule has 0 unspecified atom stereocenters. The Balaban J connectivity index is 1.52. The molecule has 4 rings (SSSR count). The van der Waals surface area contributed by atoms with Crippen LogP contribution in [0.3, 0.4) is 0 Å². The van der Waals surface area contributed by atoms with E-state index in [1.165, 1.54) is 12.1 Å². The van der Waals surface area contributed by atoms with Crippen molar-refractivity contribution in [1.29, 1.82) is 0 Å². The Kier molecular flexibility index (Phi) is 6.78. The number of hydrogen-bond donors (Lipinski definition) is 2. The molecular weight excluding hydrogens is 426 g/mol. The molecule has 0 spiro atoms. The molecule has 0 saturated heterocycles. The van der Waals surface area contributed by atoms with E-state index in [1.54, 1.807) is 42.5 Å². The van der Waals surface area contributed by atoms with E-state index in [9.17, 15) is 18.4 Å². The number of ether oxygens (including phenoxy) is 1. The molecule has 1 aliphatic carbocycles. The van der Waals surface area contributed by atoms with Crippen molar-refractivity contribution in [3.63, 3.8) is 0 Å². The molecule has 0 bridgehead atoms. The number of nitrogens with one attached hydrogen (secondary N) is 2. The highest BCUT2D eigenvalue weighted by atomic mass is 19.3. The van der Waals surface area contributed by atoms with E-state index in [0.717, 1.165) is 12.8 Å². The minimum atomic E-state index is -2.90. The minimum Gasteiger partial charge on any atom is -0.435 e. The van der Waals surface area contributed by atoms with Gasteiger partial charge in [0.05, 0.1) is 0 Å². The number of carbonyl (C=O) groups excluding carboxylic acids is 2. The lowest BCUT2D eigenvalue weighted by molar-refractivity contribution is -0.111. The van der Waals surface area contributed by atoms with Crippen molar-refractivity contribution in [3.8, 4) is 5.75 Å². The first-order chi connectivity index (χ1) is 16.0. The summed E-state index contributed by atoms with van der Waals surface area (Å²) < 4.78 is 29.1. The molecule has 168 valence electrons. The average molecular weight is 448 g/mol.